The van der Waals surface area contributed by atoms with E-state index in [0.29, 0.717) is 35.7 Å². The van der Waals surface area contributed by atoms with E-state index in [0.717, 1.165) is 46.7 Å². The van der Waals surface area contributed by atoms with Gasteiger partial charge >= 0.3 is 0 Å². The van der Waals surface area contributed by atoms with Gasteiger partial charge in [-0.15, -0.1) is 11.3 Å². The number of Topliss-reactive ketones (excluding diaryl/α,β-unsaturated/α-hetero) is 1. The molecule has 34 heavy (non-hydrogen) atoms. The second kappa shape index (κ2) is 9.23. The van der Waals surface area contributed by atoms with Gasteiger partial charge in [0.05, 0.1) is 21.3 Å². The highest BCUT2D eigenvalue weighted by Crippen LogP contribution is 2.43. The number of nitrogens with zero attached hydrogens (tertiary/aromatic N) is 1. The predicted molar refractivity (Wildman–Crippen MR) is 137 cm³/mol. The lowest BCUT2D eigenvalue weighted by atomic mass is 9.86. The molecule has 5 rings (SSSR count). The Bertz CT molecular complexity index is 1250. The van der Waals surface area contributed by atoms with Crippen LogP contribution in [0.2, 0.25) is 10.0 Å². The molecule has 1 aromatic heterocycles. The molecule has 3 aliphatic rings. The second-order valence-electron chi connectivity index (χ2n) is 9.84. The molecule has 1 aliphatic carbocycles. The van der Waals surface area contributed by atoms with E-state index in [1.54, 1.807) is 17.4 Å². The number of oxime groups is 1. The minimum Gasteiger partial charge on any atom is -0.384 e. The third-order valence-corrected chi connectivity index (χ3v) is 10.7. The van der Waals surface area contributed by atoms with Crippen LogP contribution in [0.15, 0.2) is 23.4 Å². The number of ketones is 1. The van der Waals surface area contributed by atoms with Crippen molar-refractivity contribution in [3.63, 3.8) is 0 Å². The maximum atomic E-state index is 13.4. The third kappa shape index (κ3) is 4.81. The number of halogens is 2. The zero-order valence-electron chi connectivity index (χ0n) is 19.0. The largest absolute Gasteiger partial charge is 0.384 e. The van der Waals surface area contributed by atoms with Crippen LogP contribution >= 0.6 is 34.5 Å². The van der Waals surface area contributed by atoms with Crippen molar-refractivity contribution in [1.82, 2.24) is 0 Å². The SMILES string of the molecule is CC1(c2cc(Cl)cc(Cl)c2)CC(c2sc(C(=O)CC3CCS(=O)(=O)CC3)c3c2CCCC3)=NO1. The van der Waals surface area contributed by atoms with E-state index in [4.69, 9.17) is 28.0 Å². The van der Waals surface area contributed by atoms with Gasteiger partial charge in [0.1, 0.15) is 15.5 Å². The molecule has 0 saturated carbocycles. The van der Waals surface area contributed by atoms with Crippen LogP contribution in [-0.4, -0.2) is 31.4 Å². The Hall–Kier alpha value is -1.41. The van der Waals surface area contributed by atoms with Crippen molar-refractivity contribution >= 4 is 55.9 Å². The van der Waals surface area contributed by atoms with Crippen molar-refractivity contribution in [1.29, 1.82) is 0 Å². The summed E-state index contributed by atoms with van der Waals surface area (Å²) < 4.78 is 23.5. The molecule has 1 unspecified atom stereocenters. The molecule has 5 nitrogen and oxygen atoms in total. The molecule has 0 radical (unpaired) electrons. The molecule has 1 saturated heterocycles. The molecule has 182 valence electrons. The summed E-state index contributed by atoms with van der Waals surface area (Å²) in [5, 5.41) is 5.58. The first kappa shape index (κ1) is 24.3. The highest BCUT2D eigenvalue weighted by molar-refractivity contribution is 7.91. The van der Waals surface area contributed by atoms with Gasteiger partial charge in [0.15, 0.2) is 11.4 Å². The lowest BCUT2D eigenvalue weighted by molar-refractivity contribution is -0.00737. The number of hydrogen-bond donors (Lipinski definition) is 0. The quantitative estimate of drug-likeness (QED) is 0.413. The molecule has 0 amide bonds. The third-order valence-electron chi connectivity index (χ3n) is 7.22. The van der Waals surface area contributed by atoms with Gasteiger partial charge in [-0.2, -0.15) is 0 Å². The normalized spacial score (nSPS) is 24.4. The van der Waals surface area contributed by atoms with Gasteiger partial charge in [-0.25, -0.2) is 8.42 Å². The highest BCUT2D eigenvalue weighted by Gasteiger charge is 2.39. The Balaban J connectivity index is 1.39. The molecular formula is C25H27Cl2NO4S2. The summed E-state index contributed by atoms with van der Waals surface area (Å²) in [6.07, 6.45) is 6.17. The highest BCUT2D eigenvalue weighted by atomic mass is 35.5. The predicted octanol–water partition coefficient (Wildman–Crippen LogP) is 6.37. The van der Waals surface area contributed by atoms with Gasteiger partial charge in [0, 0.05) is 28.5 Å². The van der Waals surface area contributed by atoms with Crippen LogP contribution in [0, 0.1) is 5.92 Å². The minimum atomic E-state index is -2.93. The second-order valence-corrected chi connectivity index (χ2v) is 14.0. The van der Waals surface area contributed by atoms with Crippen molar-refractivity contribution in [2.75, 3.05) is 11.5 Å². The molecule has 1 atom stereocenters. The van der Waals surface area contributed by atoms with Crippen molar-refractivity contribution in [3.8, 4) is 0 Å². The molecule has 0 N–H and O–H groups in total. The van der Waals surface area contributed by atoms with E-state index in [-0.39, 0.29) is 23.2 Å². The summed E-state index contributed by atoms with van der Waals surface area (Å²) in [6, 6.07) is 5.41. The average Bonchev–Trinajstić information content (AvgIpc) is 3.36. The maximum absolute atomic E-state index is 13.4. The first-order valence-electron chi connectivity index (χ1n) is 11.7. The first-order valence-corrected chi connectivity index (χ1v) is 15.1. The van der Waals surface area contributed by atoms with Crippen LogP contribution in [0.3, 0.4) is 0 Å². The number of hydrogen-bond acceptors (Lipinski definition) is 6. The number of rotatable bonds is 5. The van der Waals surface area contributed by atoms with E-state index < -0.39 is 15.4 Å². The van der Waals surface area contributed by atoms with Gasteiger partial charge in [-0.05, 0) is 80.7 Å². The summed E-state index contributed by atoms with van der Waals surface area (Å²) in [7, 11) is -2.93. The monoisotopic (exact) mass is 539 g/mol. The fraction of sp³-hybridized carbons (Fsp3) is 0.520. The molecule has 1 aromatic carbocycles. The average molecular weight is 541 g/mol. The van der Waals surface area contributed by atoms with Gasteiger partial charge in [0.2, 0.25) is 0 Å². The molecule has 2 aromatic rings. The Morgan fingerprint density at radius 3 is 2.44 bits per heavy atom. The lowest BCUT2D eigenvalue weighted by Crippen LogP contribution is -2.25. The summed E-state index contributed by atoms with van der Waals surface area (Å²) in [4.78, 5) is 21.2. The first-order chi connectivity index (χ1) is 16.1. The van der Waals surface area contributed by atoms with E-state index >= 15 is 0 Å². The standard InChI is InChI=1S/C25H27Cl2NO4S2/c1-25(16-11-17(26)13-18(27)12-16)14-21(28-32-25)23-19-4-2-3-5-20(19)24(33-23)22(29)10-15-6-8-34(30,31)9-7-15/h11-13,15H,2-10,14H2,1H3. The number of benzene rings is 1. The fourth-order valence-corrected chi connectivity index (χ4v) is 8.70. The van der Waals surface area contributed by atoms with Crippen LogP contribution in [0.1, 0.15) is 76.7 Å². The Labute approximate surface area is 214 Å². The Morgan fingerprint density at radius 1 is 1.12 bits per heavy atom. The van der Waals surface area contributed by atoms with Gasteiger partial charge in [-0.1, -0.05) is 28.4 Å². The molecule has 3 heterocycles. The van der Waals surface area contributed by atoms with E-state index in [1.807, 2.05) is 19.1 Å². The summed E-state index contributed by atoms with van der Waals surface area (Å²) >= 11 is 14.0. The smallest absolute Gasteiger partial charge is 0.173 e. The van der Waals surface area contributed by atoms with Crippen molar-refractivity contribution < 1.29 is 18.0 Å². The molecule has 0 spiro atoms. The van der Waals surface area contributed by atoms with Gasteiger partial charge in [0.25, 0.3) is 0 Å². The molecule has 1 fully saturated rings. The number of carbonyl (C=O) groups excluding carboxylic acids is 1. The number of thiophene rings is 1. The molecule has 0 bridgehead atoms. The van der Waals surface area contributed by atoms with Crippen LogP contribution in [-0.2, 0) is 33.1 Å². The summed E-state index contributed by atoms with van der Waals surface area (Å²) in [5.74, 6) is 0.671. The zero-order valence-corrected chi connectivity index (χ0v) is 22.2. The number of sulfone groups is 1. The molecular weight excluding hydrogens is 513 g/mol. The summed E-state index contributed by atoms with van der Waals surface area (Å²) in [6.45, 7) is 1.98. The Morgan fingerprint density at radius 2 is 1.76 bits per heavy atom. The zero-order chi connectivity index (χ0) is 24.1. The van der Waals surface area contributed by atoms with Crippen LogP contribution < -0.4 is 0 Å². The maximum Gasteiger partial charge on any atom is 0.173 e. The van der Waals surface area contributed by atoms with Crippen LogP contribution in [0.5, 0.6) is 0 Å². The van der Waals surface area contributed by atoms with Crippen LogP contribution in [0.25, 0.3) is 0 Å². The fourth-order valence-electron chi connectivity index (χ4n) is 5.26. The topological polar surface area (TPSA) is 72.8 Å². The van der Waals surface area contributed by atoms with Crippen molar-refractivity contribution in [2.24, 2.45) is 11.1 Å². The van der Waals surface area contributed by atoms with Gasteiger partial charge in [-0.3, -0.25) is 4.79 Å². The van der Waals surface area contributed by atoms with E-state index in [9.17, 15) is 13.2 Å². The minimum absolute atomic E-state index is 0.141. The van der Waals surface area contributed by atoms with E-state index in [2.05, 4.69) is 5.16 Å². The van der Waals surface area contributed by atoms with Gasteiger partial charge < -0.3 is 4.84 Å². The lowest BCUT2D eigenvalue weighted by Gasteiger charge is -2.22. The Kier molecular flexibility index (Phi) is 6.59. The van der Waals surface area contributed by atoms with Crippen molar-refractivity contribution in [3.05, 3.63) is 54.7 Å². The molecule has 2 aliphatic heterocycles. The number of fused-ring (bicyclic) bond motifs is 1. The van der Waals surface area contributed by atoms with Crippen molar-refractivity contribution in [2.45, 2.75) is 63.9 Å². The molecule has 9 heteroatoms. The van der Waals surface area contributed by atoms with Crippen LogP contribution in [0.4, 0.5) is 0 Å². The summed E-state index contributed by atoms with van der Waals surface area (Å²) in [5.41, 5.74) is 3.47. The van der Waals surface area contributed by atoms with E-state index in [1.165, 1.54) is 11.1 Å². The number of carbonyl (C=O) groups is 1.